The molecular weight excluding hydrogens is 224 g/mol. The maximum Gasteiger partial charge on any atom is 0.269 e. The van der Waals surface area contributed by atoms with Crippen LogP contribution < -0.4 is 5.32 Å². The van der Waals surface area contributed by atoms with Gasteiger partial charge in [0.25, 0.3) is 11.6 Å². The number of benzene rings is 1. The third-order valence-corrected chi connectivity index (χ3v) is 2.19. The topological polar surface area (TPSA) is 92.5 Å². The molecule has 0 spiro atoms. The van der Waals surface area contributed by atoms with E-state index in [-0.39, 0.29) is 18.2 Å². The molecule has 6 nitrogen and oxygen atoms in total. The van der Waals surface area contributed by atoms with Gasteiger partial charge >= 0.3 is 0 Å². The second-order valence-corrected chi connectivity index (χ2v) is 4.30. The summed E-state index contributed by atoms with van der Waals surface area (Å²) in [5.74, 6) is -0.376. The fourth-order valence-electron chi connectivity index (χ4n) is 1.15. The van der Waals surface area contributed by atoms with E-state index in [0.29, 0.717) is 5.56 Å². The van der Waals surface area contributed by atoms with Crippen molar-refractivity contribution in [3.05, 3.63) is 39.9 Å². The lowest BCUT2D eigenvalue weighted by Crippen LogP contribution is -2.46. The van der Waals surface area contributed by atoms with Crippen molar-refractivity contribution in [2.75, 3.05) is 6.61 Å². The van der Waals surface area contributed by atoms with E-state index in [1.807, 2.05) is 0 Å². The second-order valence-electron chi connectivity index (χ2n) is 4.30. The summed E-state index contributed by atoms with van der Waals surface area (Å²) in [5, 5.41) is 22.0. The molecule has 0 aliphatic rings. The van der Waals surface area contributed by atoms with Gasteiger partial charge in [-0.1, -0.05) is 0 Å². The first-order valence-corrected chi connectivity index (χ1v) is 5.03. The van der Waals surface area contributed by atoms with Crippen LogP contribution in [-0.2, 0) is 0 Å². The average molecular weight is 238 g/mol. The van der Waals surface area contributed by atoms with E-state index < -0.39 is 10.5 Å². The van der Waals surface area contributed by atoms with Gasteiger partial charge in [-0.15, -0.1) is 0 Å². The Morgan fingerprint density at radius 3 is 2.35 bits per heavy atom. The van der Waals surface area contributed by atoms with E-state index in [2.05, 4.69) is 5.32 Å². The van der Waals surface area contributed by atoms with E-state index in [0.717, 1.165) is 0 Å². The summed E-state index contributed by atoms with van der Waals surface area (Å²) < 4.78 is 0. The summed E-state index contributed by atoms with van der Waals surface area (Å²) in [5.41, 5.74) is -0.473. The smallest absolute Gasteiger partial charge is 0.269 e. The number of hydrogen-bond donors (Lipinski definition) is 2. The van der Waals surface area contributed by atoms with E-state index in [9.17, 15) is 14.9 Å². The zero-order chi connectivity index (χ0) is 13.1. The SMILES string of the molecule is CC(C)(CO)NC(=O)c1ccc([N+](=O)[O-])cc1. The van der Waals surface area contributed by atoms with Crippen LogP contribution in [0.15, 0.2) is 24.3 Å². The van der Waals surface area contributed by atoms with Gasteiger partial charge in [0, 0.05) is 17.7 Å². The zero-order valence-corrected chi connectivity index (χ0v) is 9.64. The normalized spacial score (nSPS) is 11.0. The third kappa shape index (κ3) is 3.53. The van der Waals surface area contributed by atoms with Crippen LogP contribution in [0.1, 0.15) is 24.2 Å². The van der Waals surface area contributed by atoms with Crippen molar-refractivity contribution in [1.82, 2.24) is 5.32 Å². The lowest BCUT2D eigenvalue weighted by molar-refractivity contribution is -0.384. The van der Waals surface area contributed by atoms with Crippen molar-refractivity contribution in [1.29, 1.82) is 0 Å². The Labute approximate surface area is 98.4 Å². The second kappa shape index (κ2) is 4.92. The van der Waals surface area contributed by atoms with Gasteiger partial charge in [-0.05, 0) is 26.0 Å². The molecule has 0 saturated carbocycles. The lowest BCUT2D eigenvalue weighted by atomic mass is 10.1. The maximum atomic E-state index is 11.7. The van der Waals surface area contributed by atoms with Gasteiger partial charge in [0.2, 0.25) is 0 Å². The number of nitrogens with zero attached hydrogens (tertiary/aromatic N) is 1. The average Bonchev–Trinajstić information content (AvgIpc) is 2.28. The number of rotatable bonds is 4. The molecule has 1 aromatic rings. The van der Waals surface area contributed by atoms with E-state index in [4.69, 9.17) is 5.11 Å². The summed E-state index contributed by atoms with van der Waals surface area (Å²) in [4.78, 5) is 21.6. The highest BCUT2D eigenvalue weighted by Crippen LogP contribution is 2.12. The largest absolute Gasteiger partial charge is 0.394 e. The molecule has 0 bridgehead atoms. The van der Waals surface area contributed by atoms with Crippen LogP contribution in [0.2, 0.25) is 0 Å². The van der Waals surface area contributed by atoms with E-state index >= 15 is 0 Å². The van der Waals surface area contributed by atoms with Gasteiger partial charge in [0.1, 0.15) is 0 Å². The number of aliphatic hydroxyl groups is 1. The molecule has 0 atom stereocenters. The van der Waals surface area contributed by atoms with Crippen molar-refractivity contribution in [3.63, 3.8) is 0 Å². The van der Waals surface area contributed by atoms with Crippen LogP contribution in [0, 0.1) is 10.1 Å². The minimum atomic E-state index is -0.723. The predicted octanol–water partition coefficient (Wildman–Crippen LogP) is 1.10. The van der Waals surface area contributed by atoms with E-state index in [1.54, 1.807) is 13.8 Å². The molecule has 2 N–H and O–H groups in total. The zero-order valence-electron chi connectivity index (χ0n) is 9.64. The molecule has 0 aromatic heterocycles. The Morgan fingerprint density at radius 2 is 1.94 bits per heavy atom. The number of amides is 1. The number of carbonyl (C=O) groups excluding carboxylic acids is 1. The number of non-ortho nitro benzene ring substituents is 1. The van der Waals surface area contributed by atoms with Crippen LogP contribution in [-0.4, -0.2) is 28.1 Å². The molecule has 0 aliphatic heterocycles. The molecule has 1 amide bonds. The van der Waals surface area contributed by atoms with Crippen LogP contribution in [0.5, 0.6) is 0 Å². The summed E-state index contributed by atoms with van der Waals surface area (Å²) in [6.07, 6.45) is 0. The number of nitro benzene ring substituents is 1. The summed E-state index contributed by atoms with van der Waals surface area (Å²) in [7, 11) is 0. The molecule has 0 aliphatic carbocycles. The van der Waals surface area contributed by atoms with Crippen molar-refractivity contribution < 1.29 is 14.8 Å². The Hall–Kier alpha value is -1.95. The molecule has 0 saturated heterocycles. The maximum absolute atomic E-state index is 11.7. The number of carbonyl (C=O) groups is 1. The highest BCUT2D eigenvalue weighted by molar-refractivity contribution is 5.94. The summed E-state index contributed by atoms with van der Waals surface area (Å²) >= 11 is 0. The van der Waals surface area contributed by atoms with Crippen LogP contribution in [0.25, 0.3) is 0 Å². The molecule has 6 heteroatoms. The quantitative estimate of drug-likeness (QED) is 0.606. The first kappa shape index (κ1) is 13.1. The van der Waals surface area contributed by atoms with Gasteiger partial charge < -0.3 is 10.4 Å². The molecule has 0 heterocycles. The molecule has 1 aromatic carbocycles. The minimum Gasteiger partial charge on any atom is -0.394 e. The van der Waals surface area contributed by atoms with Crippen LogP contribution in [0.3, 0.4) is 0 Å². The monoisotopic (exact) mass is 238 g/mol. The minimum absolute atomic E-state index is 0.0667. The van der Waals surface area contributed by atoms with Gasteiger partial charge in [-0.2, -0.15) is 0 Å². The third-order valence-electron chi connectivity index (χ3n) is 2.19. The van der Waals surface area contributed by atoms with Gasteiger partial charge in [0.15, 0.2) is 0 Å². The molecule has 1 rings (SSSR count). The Balaban J connectivity index is 2.80. The highest BCUT2D eigenvalue weighted by Gasteiger charge is 2.20. The number of nitrogens with one attached hydrogen (secondary N) is 1. The van der Waals surface area contributed by atoms with Crippen molar-refractivity contribution >= 4 is 11.6 Å². The van der Waals surface area contributed by atoms with E-state index in [1.165, 1.54) is 24.3 Å². The number of nitro groups is 1. The molecule has 92 valence electrons. The summed E-state index contributed by atoms with van der Waals surface area (Å²) in [6, 6.07) is 5.28. The molecule has 0 fully saturated rings. The molecular formula is C11H14N2O4. The standard InChI is InChI=1S/C11H14N2O4/c1-11(2,7-14)12-10(15)8-3-5-9(6-4-8)13(16)17/h3-6,14H,7H2,1-2H3,(H,12,15). The molecule has 0 radical (unpaired) electrons. The predicted molar refractivity (Wildman–Crippen MR) is 61.7 cm³/mol. The number of hydrogen-bond acceptors (Lipinski definition) is 4. The van der Waals surface area contributed by atoms with Gasteiger partial charge in [-0.3, -0.25) is 14.9 Å². The Kier molecular flexibility index (Phi) is 3.80. The summed E-state index contributed by atoms with van der Waals surface area (Å²) in [6.45, 7) is 3.16. The number of aliphatic hydroxyl groups excluding tert-OH is 1. The Morgan fingerprint density at radius 1 is 1.41 bits per heavy atom. The van der Waals surface area contributed by atoms with Crippen molar-refractivity contribution in [2.45, 2.75) is 19.4 Å². The first-order chi connectivity index (χ1) is 7.85. The van der Waals surface area contributed by atoms with Gasteiger partial charge in [0.05, 0.1) is 17.1 Å². The Bertz CT molecular complexity index is 426. The fourth-order valence-corrected chi connectivity index (χ4v) is 1.15. The molecule has 0 unspecified atom stereocenters. The van der Waals surface area contributed by atoms with Crippen molar-refractivity contribution in [3.8, 4) is 0 Å². The van der Waals surface area contributed by atoms with Gasteiger partial charge in [-0.25, -0.2) is 0 Å². The first-order valence-electron chi connectivity index (χ1n) is 5.03. The van der Waals surface area contributed by atoms with Crippen LogP contribution >= 0.6 is 0 Å². The highest BCUT2D eigenvalue weighted by atomic mass is 16.6. The molecule has 17 heavy (non-hydrogen) atoms. The van der Waals surface area contributed by atoms with Crippen LogP contribution in [0.4, 0.5) is 5.69 Å². The fraction of sp³-hybridized carbons (Fsp3) is 0.364. The van der Waals surface area contributed by atoms with Crippen molar-refractivity contribution in [2.24, 2.45) is 0 Å². The lowest BCUT2D eigenvalue weighted by Gasteiger charge is -2.23.